The summed E-state index contributed by atoms with van der Waals surface area (Å²) in [7, 11) is 1.37. The summed E-state index contributed by atoms with van der Waals surface area (Å²) in [5.41, 5.74) is 1.38. The van der Waals surface area contributed by atoms with Crippen molar-refractivity contribution in [2.75, 3.05) is 7.11 Å². The minimum absolute atomic E-state index is 0.0233. The van der Waals surface area contributed by atoms with Crippen LogP contribution in [0.2, 0.25) is 0 Å². The first-order valence-corrected chi connectivity index (χ1v) is 14.4. The molecule has 194 valence electrons. The van der Waals surface area contributed by atoms with Gasteiger partial charge < -0.3 is 4.74 Å². The van der Waals surface area contributed by atoms with Gasteiger partial charge in [-0.1, -0.05) is 63.7 Å². The molecule has 0 spiro atoms. The minimum atomic E-state index is -0.872. The van der Waals surface area contributed by atoms with E-state index in [4.69, 9.17) is 4.74 Å². The molecular formula is C32H46F2O. The average Bonchev–Trinajstić information content (AvgIpc) is 2.90. The van der Waals surface area contributed by atoms with Crippen LogP contribution >= 0.6 is 0 Å². The number of halogens is 2. The van der Waals surface area contributed by atoms with Crippen molar-refractivity contribution >= 4 is 5.57 Å². The minimum Gasteiger partial charge on any atom is -0.494 e. The fraction of sp³-hybridized carbons (Fsp3) is 0.688. The summed E-state index contributed by atoms with van der Waals surface area (Å²) >= 11 is 0. The highest BCUT2D eigenvalue weighted by Gasteiger charge is 2.30. The van der Waals surface area contributed by atoms with Gasteiger partial charge in [0, 0.05) is 5.56 Å². The van der Waals surface area contributed by atoms with E-state index in [1.165, 1.54) is 84.2 Å². The largest absolute Gasteiger partial charge is 0.494 e. The van der Waals surface area contributed by atoms with E-state index in [0.29, 0.717) is 11.5 Å². The van der Waals surface area contributed by atoms with Gasteiger partial charge in [0.1, 0.15) is 0 Å². The summed E-state index contributed by atoms with van der Waals surface area (Å²) in [4.78, 5) is 0. The van der Waals surface area contributed by atoms with E-state index < -0.39 is 11.6 Å². The van der Waals surface area contributed by atoms with Crippen LogP contribution in [0.25, 0.3) is 5.57 Å². The lowest BCUT2D eigenvalue weighted by atomic mass is 9.69. The third-order valence-corrected chi connectivity index (χ3v) is 9.44. The zero-order valence-electron chi connectivity index (χ0n) is 22.0. The van der Waals surface area contributed by atoms with Crippen LogP contribution in [0.15, 0.2) is 30.4 Å². The fourth-order valence-corrected chi connectivity index (χ4v) is 7.10. The maximum atomic E-state index is 14.5. The van der Waals surface area contributed by atoms with E-state index in [2.05, 4.69) is 25.2 Å². The van der Waals surface area contributed by atoms with Crippen LogP contribution in [-0.4, -0.2) is 7.11 Å². The standard InChI is InChI=1S/C32H46F2O/c1-3-4-5-6-23-7-9-24(10-8-23)11-12-25-13-15-26(16-14-25)27-17-19-28(20-18-27)29-21-22-30(35-2)32(34)31(29)33/h4-5,19,21-27H,3,6-18,20H2,1-2H3. The second-order valence-electron chi connectivity index (χ2n) is 11.6. The number of hydrogen-bond donors (Lipinski definition) is 0. The van der Waals surface area contributed by atoms with Crippen LogP contribution in [-0.2, 0) is 0 Å². The maximum absolute atomic E-state index is 14.5. The van der Waals surface area contributed by atoms with Crippen LogP contribution < -0.4 is 4.74 Å². The van der Waals surface area contributed by atoms with Gasteiger partial charge in [-0.05, 0) is 105 Å². The van der Waals surface area contributed by atoms with Crippen molar-refractivity contribution < 1.29 is 13.5 Å². The highest BCUT2D eigenvalue weighted by Crippen LogP contribution is 2.43. The number of ether oxygens (including phenoxy) is 1. The van der Waals surface area contributed by atoms with Crippen LogP contribution in [0.4, 0.5) is 8.78 Å². The third kappa shape index (κ3) is 6.98. The molecule has 0 aliphatic heterocycles. The molecule has 1 nitrogen and oxygen atoms in total. The Kier molecular flexibility index (Phi) is 9.86. The quantitative estimate of drug-likeness (QED) is 0.317. The lowest BCUT2D eigenvalue weighted by Gasteiger charge is -2.36. The van der Waals surface area contributed by atoms with Crippen molar-refractivity contribution in [1.82, 2.24) is 0 Å². The van der Waals surface area contributed by atoms with Crippen LogP contribution in [0.3, 0.4) is 0 Å². The van der Waals surface area contributed by atoms with Crippen LogP contribution in [0.5, 0.6) is 5.75 Å². The topological polar surface area (TPSA) is 9.23 Å². The van der Waals surface area contributed by atoms with Gasteiger partial charge in [-0.2, -0.15) is 4.39 Å². The molecule has 0 saturated heterocycles. The van der Waals surface area contributed by atoms with Crippen LogP contribution in [0.1, 0.15) is 109 Å². The second-order valence-corrected chi connectivity index (χ2v) is 11.6. The molecule has 0 heterocycles. The molecule has 1 aromatic carbocycles. The zero-order valence-corrected chi connectivity index (χ0v) is 22.0. The van der Waals surface area contributed by atoms with Crippen molar-refractivity contribution in [2.45, 2.75) is 103 Å². The average molecular weight is 485 g/mol. The Morgan fingerprint density at radius 1 is 0.800 bits per heavy atom. The van der Waals surface area contributed by atoms with E-state index in [-0.39, 0.29) is 5.75 Å². The van der Waals surface area contributed by atoms with E-state index in [1.807, 2.05) is 0 Å². The summed E-state index contributed by atoms with van der Waals surface area (Å²) in [6, 6.07) is 3.21. The molecule has 2 fully saturated rings. The van der Waals surface area contributed by atoms with Crippen molar-refractivity contribution in [3.05, 3.63) is 47.6 Å². The smallest absolute Gasteiger partial charge is 0.201 e. The molecule has 0 aromatic heterocycles. The van der Waals surface area contributed by atoms with E-state index in [9.17, 15) is 8.78 Å². The summed E-state index contributed by atoms with van der Waals surface area (Å²) < 4.78 is 33.6. The van der Waals surface area contributed by atoms with Gasteiger partial charge in [-0.15, -0.1) is 0 Å². The molecule has 35 heavy (non-hydrogen) atoms. The van der Waals surface area contributed by atoms with Crippen LogP contribution in [0, 0.1) is 41.2 Å². The monoisotopic (exact) mass is 484 g/mol. The number of benzene rings is 1. The van der Waals surface area contributed by atoms with Gasteiger partial charge >= 0.3 is 0 Å². The second kappa shape index (κ2) is 13.1. The Bertz CT molecular complexity index is 857. The molecule has 3 aliphatic rings. The Morgan fingerprint density at radius 3 is 2.06 bits per heavy atom. The number of allylic oxidation sites excluding steroid dienone is 4. The van der Waals surface area contributed by atoms with Crippen molar-refractivity contribution in [1.29, 1.82) is 0 Å². The molecular weight excluding hydrogens is 438 g/mol. The lowest BCUT2D eigenvalue weighted by Crippen LogP contribution is -2.24. The van der Waals surface area contributed by atoms with E-state index >= 15 is 0 Å². The number of methoxy groups -OCH3 is 1. The van der Waals surface area contributed by atoms with Crippen molar-refractivity contribution in [3.8, 4) is 5.75 Å². The highest BCUT2D eigenvalue weighted by atomic mass is 19.2. The molecule has 0 amide bonds. The first-order valence-electron chi connectivity index (χ1n) is 14.4. The molecule has 0 bridgehead atoms. The summed E-state index contributed by atoms with van der Waals surface area (Å²) in [5, 5.41) is 0. The molecule has 4 rings (SSSR count). The molecule has 1 aromatic rings. The lowest BCUT2D eigenvalue weighted by molar-refractivity contribution is 0.176. The molecule has 0 radical (unpaired) electrons. The maximum Gasteiger partial charge on any atom is 0.201 e. The highest BCUT2D eigenvalue weighted by molar-refractivity contribution is 5.67. The molecule has 1 unspecified atom stereocenters. The van der Waals surface area contributed by atoms with Gasteiger partial charge in [-0.3, -0.25) is 0 Å². The Hall–Kier alpha value is -1.64. The van der Waals surface area contributed by atoms with Gasteiger partial charge in [0.15, 0.2) is 11.6 Å². The molecule has 3 heteroatoms. The number of hydrogen-bond acceptors (Lipinski definition) is 1. The summed E-state index contributed by atoms with van der Waals surface area (Å²) in [6.45, 7) is 2.22. The van der Waals surface area contributed by atoms with Crippen molar-refractivity contribution in [3.63, 3.8) is 0 Å². The predicted octanol–water partition coefficient (Wildman–Crippen LogP) is 9.91. The normalized spacial score (nSPS) is 29.8. The van der Waals surface area contributed by atoms with E-state index in [1.54, 1.807) is 12.1 Å². The molecule has 0 N–H and O–H groups in total. The van der Waals surface area contributed by atoms with E-state index in [0.717, 1.165) is 48.5 Å². The fourth-order valence-electron chi connectivity index (χ4n) is 7.10. The Morgan fingerprint density at radius 2 is 1.46 bits per heavy atom. The first-order chi connectivity index (χ1) is 17.1. The molecule has 1 atom stereocenters. The molecule has 3 aliphatic carbocycles. The van der Waals surface area contributed by atoms with Gasteiger partial charge in [0.25, 0.3) is 0 Å². The predicted molar refractivity (Wildman–Crippen MR) is 142 cm³/mol. The summed E-state index contributed by atoms with van der Waals surface area (Å²) in [5.74, 6) is 2.71. The first kappa shape index (κ1) is 26.4. The van der Waals surface area contributed by atoms with Crippen molar-refractivity contribution in [2.24, 2.45) is 29.6 Å². The van der Waals surface area contributed by atoms with Gasteiger partial charge in [0.2, 0.25) is 5.82 Å². The molecule has 2 saturated carbocycles. The van der Waals surface area contributed by atoms with Gasteiger partial charge in [-0.25, -0.2) is 4.39 Å². The Labute approximate surface area is 212 Å². The zero-order chi connectivity index (χ0) is 24.6. The summed E-state index contributed by atoms with van der Waals surface area (Å²) in [6.07, 6.45) is 26.5. The SMILES string of the molecule is CCC=CCC1CCC(CCC2CCC(C3CC=C(c4ccc(OC)c(F)c4F)CC3)CC2)CC1. The number of rotatable bonds is 9. The Balaban J connectivity index is 1.17. The van der Waals surface area contributed by atoms with Gasteiger partial charge in [0.05, 0.1) is 7.11 Å². The third-order valence-electron chi connectivity index (χ3n) is 9.44.